The molecule has 0 radical (unpaired) electrons. The molecule has 2 rings (SSSR count). The van der Waals surface area contributed by atoms with Crippen LogP contribution in [0.2, 0.25) is 0 Å². The highest BCUT2D eigenvalue weighted by Crippen LogP contribution is 2.21. The summed E-state index contributed by atoms with van der Waals surface area (Å²) in [5, 5.41) is 0. The first-order valence-corrected chi connectivity index (χ1v) is 6.75. The molecule has 1 fully saturated rings. The van der Waals surface area contributed by atoms with Crippen molar-refractivity contribution in [2.45, 2.75) is 38.6 Å². The highest BCUT2D eigenvalue weighted by atomic mass is 19.1. The van der Waals surface area contributed by atoms with Gasteiger partial charge in [0.15, 0.2) is 12.3 Å². The number of hydrogen-bond acceptors (Lipinski definition) is 5. The molecule has 6 nitrogen and oxygen atoms in total. The zero-order valence-corrected chi connectivity index (χ0v) is 12.4. The Labute approximate surface area is 123 Å². The summed E-state index contributed by atoms with van der Waals surface area (Å²) in [7, 11) is 0. The highest BCUT2D eigenvalue weighted by molar-refractivity contribution is 5.68. The fourth-order valence-electron chi connectivity index (χ4n) is 1.94. The molecule has 2 atom stereocenters. The molecule has 2 heterocycles. The Balaban J connectivity index is 1.94. The molecule has 0 unspecified atom stereocenters. The second-order valence-electron chi connectivity index (χ2n) is 5.99. The van der Waals surface area contributed by atoms with E-state index in [0.717, 1.165) is 0 Å². The van der Waals surface area contributed by atoms with E-state index in [4.69, 9.17) is 15.2 Å². The molecule has 1 amide bonds. The Bertz CT molecular complexity index is 501. The lowest BCUT2D eigenvalue weighted by Crippen LogP contribution is -2.36. The van der Waals surface area contributed by atoms with E-state index in [9.17, 15) is 9.18 Å². The maximum Gasteiger partial charge on any atom is 0.410 e. The Hall–Kier alpha value is -2.05. The van der Waals surface area contributed by atoms with Gasteiger partial charge in [0.2, 0.25) is 5.88 Å². The number of carbonyl (C=O) groups is 1. The Morgan fingerprint density at radius 1 is 1.43 bits per heavy atom. The fourth-order valence-corrected chi connectivity index (χ4v) is 1.94. The first-order chi connectivity index (χ1) is 9.74. The van der Waals surface area contributed by atoms with Gasteiger partial charge in [0, 0.05) is 6.07 Å². The van der Waals surface area contributed by atoms with Crippen LogP contribution >= 0.6 is 0 Å². The first kappa shape index (κ1) is 15.3. The standard InChI is InChI=1S/C14H20FN3O3/c1-14(2,3)21-13(19)18-7-10(15)11(8-18)20-12-5-4-9(16)6-17-12/h4-6,10-11H,7-8,16H2,1-3H3/t10-,11+/m0/s1. The molecular formula is C14H20FN3O3. The summed E-state index contributed by atoms with van der Waals surface area (Å²) in [5.41, 5.74) is 5.41. The zero-order valence-electron chi connectivity index (χ0n) is 12.4. The Kier molecular flexibility index (Phi) is 4.20. The molecule has 1 saturated heterocycles. The van der Waals surface area contributed by atoms with Crippen LogP contribution in [0.4, 0.5) is 14.9 Å². The molecular weight excluding hydrogens is 277 g/mol. The number of pyridine rings is 1. The van der Waals surface area contributed by atoms with Gasteiger partial charge in [-0.3, -0.25) is 0 Å². The fraction of sp³-hybridized carbons (Fsp3) is 0.571. The van der Waals surface area contributed by atoms with Crippen LogP contribution in [-0.4, -0.2) is 46.9 Å². The summed E-state index contributed by atoms with van der Waals surface area (Å²) in [6, 6.07) is 3.19. The lowest BCUT2D eigenvalue weighted by Gasteiger charge is -2.24. The van der Waals surface area contributed by atoms with Crippen molar-refractivity contribution in [3.8, 4) is 5.88 Å². The number of rotatable bonds is 2. The van der Waals surface area contributed by atoms with Crippen LogP contribution in [0.15, 0.2) is 18.3 Å². The molecule has 2 N–H and O–H groups in total. The van der Waals surface area contributed by atoms with Crippen LogP contribution in [-0.2, 0) is 4.74 Å². The van der Waals surface area contributed by atoms with Gasteiger partial charge in [-0.15, -0.1) is 0 Å². The zero-order chi connectivity index (χ0) is 15.6. The van der Waals surface area contributed by atoms with Crippen molar-refractivity contribution in [3.63, 3.8) is 0 Å². The van der Waals surface area contributed by atoms with E-state index in [1.807, 2.05) is 0 Å². The molecule has 1 aliphatic rings. The normalized spacial score (nSPS) is 22.2. The molecule has 1 aliphatic heterocycles. The van der Waals surface area contributed by atoms with Crippen LogP contribution in [0.1, 0.15) is 20.8 Å². The molecule has 7 heteroatoms. The van der Waals surface area contributed by atoms with Gasteiger partial charge in [0.05, 0.1) is 25.0 Å². The van der Waals surface area contributed by atoms with Gasteiger partial charge >= 0.3 is 6.09 Å². The van der Waals surface area contributed by atoms with E-state index in [-0.39, 0.29) is 19.0 Å². The van der Waals surface area contributed by atoms with Gasteiger partial charge in [-0.05, 0) is 26.8 Å². The van der Waals surface area contributed by atoms with E-state index in [1.165, 1.54) is 11.1 Å². The van der Waals surface area contributed by atoms with Crippen LogP contribution < -0.4 is 10.5 Å². The van der Waals surface area contributed by atoms with Crippen molar-refractivity contribution in [2.24, 2.45) is 0 Å². The van der Waals surface area contributed by atoms with Gasteiger partial charge in [0.25, 0.3) is 0 Å². The number of halogens is 1. The van der Waals surface area contributed by atoms with Gasteiger partial charge in [-0.1, -0.05) is 0 Å². The SMILES string of the molecule is CC(C)(C)OC(=O)N1C[C@H](F)[C@H](Oc2ccc(N)cn2)C1. The second kappa shape index (κ2) is 5.75. The van der Waals surface area contributed by atoms with E-state index >= 15 is 0 Å². The third-order valence-corrected chi connectivity index (χ3v) is 2.88. The second-order valence-corrected chi connectivity index (χ2v) is 5.99. The van der Waals surface area contributed by atoms with Crippen molar-refractivity contribution in [1.82, 2.24) is 9.88 Å². The van der Waals surface area contributed by atoms with Gasteiger partial charge in [-0.25, -0.2) is 14.2 Å². The Morgan fingerprint density at radius 3 is 2.71 bits per heavy atom. The maximum absolute atomic E-state index is 14.0. The third-order valence-electron chi connectivity index (χ3n) is 2.88. The van der Waals surface area contributed by atoms with Gasteiger partial charge in [-0.2, -0.15) is 0 Å². The average Bonchev–Trinajstić information content (AvgIpc) is 2.72. The number of likely N-dealkylation sites (tertiary alicyclic amines) is 1. The van der Waals surface area contributed by atoms with Crippen molar-refractivity contribution < 1.29 is 18.7 Å². The van der Waals surface area contributed by atoms with Crippen LogP contribution in [0.3, 0.4) is 0 Å². The summed E-state index contributed by atoms with van der Waals surface area (Å²) >= 11 is 0. The van der Waals surface area contributed by atoms with E-state index < -0.39 is 24.0 Å². The predicted molar refractivity (Wildman–Crippen MR) is 75.8 cm³/mol. The van der Waals surface area contributed by atoms with E-state index in [1.54, 1.807) is 32.9 Å². The van der Waals surface area contributed by atoms with Crippen molar-refractivity contribution in [3.05, 3.63) is 18.3 Å². The number of hydrogen-bond donors (Lipinski definition) is 1. The number of nitrogens with two attached hydrogens (primary N) is 1. The number of nitrogens with zero attached hydrogens (tertiary/aromatic N) is 2. The topological polar surface area (TPSA) is 77.7 Å². The number of ether oxygens (including phenoxy) is 2. The minimum absolute atomic E-state index is 0.0471. The van der Waals surface area contributed by atoms with E-state index in [0.29, 0.717) is 5.69 Å². The van der Waals surface area contributed by atoms with Crippen LogP contribution in [0.5, 0.6) is 5.88 Å². The third kappa shape index (κ3) is 4.21. The monoisotopic (exact) mass is 297 g/mol. The summed E-state index contributed by atoms with van der Waals surface area (Å²) in [5.74, 6) is 0.280. The van der Waals surface area contributed by atoms with Crippen LogP contribution in [0.25, 0.3) is 0 Å². The predicted octanol–water partition coefficient (Wildman–Crippen LogP) is 2.00. The van der Waals surface area contributed by atoms with E-state index in [2.05, 4.69) is 4.98 Å². The molecule has 0 aliphatic carbocycles. The number of aromatic nitrogens is 1. The van der Waals surface area contributed by atoms with Gasteiger partial charge in [0.1, 0.15) is 5.60 Å². The molecule has 0 aromatic carbocycles. The summed E-state index contributed by atoms with van der Waals surface area (Å²) in [4.78, 5) is 17.2. The van der Waals surface area contributed by atoms with Crippen molar-refractivity contribution >= 4 is 11.8 Å². The largest absolute Gasteiger partial charge is 0.469 e. The minimum atomic E-state index is -1.28. The number of nitrogen functional groups attached to an aromatic ring is 1. The maximum atomic E-state index is 14.0. The molecule has 0 bridgehead atoms. The van der Waals surface area contributed by atoms with Crippen molar-refractivity contribution in [1.29, 1.82) is 0 Å². The summed E-state index contributed by atoms with van der Waals surface area (Å²) in [6.45, 7) is 5.37. The summed E-state index contributed by atoms with van der Waals surface area (Å²) in [6.07, 6.45) is -1.14. The smallest absolute Gasteiger partial charge is 0.410 e. The highest BCUT2D eigenvalue weighted by Gasteiger charge is 2.39. The lowest BCUT2D eigenvalue weighted by molar-refractivity contribution is 0.0273. The number of anilines is 1. The molecule has 21 heavy (non-hydrogen) atoms. The van der Waals surface area contributed by atoms with Gasteiger partial charge < -0.3 is 20.1 Å². The van der Waals surface area contributed by atoms with Crippen molar-refractivity contribution in [2.75, 3.05) is 18.8 Å². The summed E-state index contributed by atoms with van der Waals surface area (Å²) < 4.78 is 24.6. The number of alkyl halides is 1. The quantitative estimate of drug-likeness (QED) is 0.903. The number of carbonyl (C=O) groups excluding carboxylic acids is 1. The lowest BCUT2D eigenvalue weighted by atomic mass is 10.2. The first-order valence-electron chi connectivity index (χ1n) is 6.75. The average molecular weight is 297 g/mol. The minimum Gasteiger partial charge on any atom is -0.469 e. The molecule has 116 valence electrons. The molecule has 1 aromatic heterocycles. The molecule has 0 spiro atoms. The molecule has 0 saturated carbocycles. The number of amides is 1. The Morgan fingerprint density at radius 2 is 2.14 bits per heavy atom. The van der Waals surface area contributed by atoms with Crippen LogP contribution in [0, 0.1) is 0 Å². The molecule has 1 aromatic rings.